The number of para-hydroxylation sites is 1. The summed E-state index contributed by atoms with van der Waals surface area (Å²) in [5.41, 5.74) is 1.89. The predicted octanol–water partition coefficient (Wildman–Crippen LogP) is 3.83. The topological polar surface area (TPSA) is 98.5 Å². The molecule has 1 unspecified atom stereocenters. The molecule has 7 heteroatoms. The number of hydrogen-bond donors (Lipinski definition) is 1. The van der Waals surface area contributed by atoms with Gasteiger partial charge in [-0.2, -0.15) is 0 Å². The first-order valence-corrected chi connectivity index (χ1v) is 8.68. The van der Waals surface area contributed by atoms with E-state index in [-0.39, 0.29) is 17.7 Å². The van der Waals surface area contributed by atoms with E-state index < -0.39 is 23.4 Å². The third-order valence-corrected chi connectivity index (χ3v) is 4.26. The monoisotopic (exact) mass is 370 g/mol. The third kappa shape index (κ3) is 5.91. The standard InChI is InChI=1S/C20H22N2O5/c1-3-14(2)15-8-10-17(11-9-15)21-19(23)13-27-20(24)12-16-6-4-5-7-18(16)22(25)26/h4-11,14H,3,12-13H2,1-2H3,(H,21,23). The summed E-state index contributed by atoms with van der Waals surface area (Å²) in [5.74, 6) is -0.730. The molecule has 1 amide bonds. The zero-order chi connectivity index (χ0) is 19.8. The molecule has 142 valence electrons. The molecular weight excluding hydrogens is 348 g/mol. The van der Waals surface area contributed by atoms with Crippen molar-refractivity contribution in [3.8, 4) is 0 Å². The van der Waals surface area contributed by atoms with Gasteiger partial charge in [0.15, 0.2) is 6.61 Å². The Hall–Kier alpha value is -3.22. The molecule has 7 nitrogen and oxygen atoms in total. The first kappa shape index (κ1) is 20.1. The number of carbonyl (C=O) groups excluding carboxylic acids is 2. The van der Waals surface area contributed by atoms with Crippen LogP contribution in [0.2, 0.25) is 0 Å². The van der Waals surface area contributed by atoms with E-state index in [1.165, 1.54) is 23.8 Å². The minimum Gasteiger partial charge on any atom is -0.455 e. The predicted molar refractivity (Wildman–Crippen MR) is 102 cm³/mol. The molecular formula is C20H22N2O5. The van der Waals surface area contributed by atoms with Gasteiger partial charge in [0.2, 0.25) is 0 Å². The average molecular weight is 370 g/mol. The van der Waals surface area contributed by atoms with Crippen molar-refractivity contribution in [3.63, 3.8) is 0 Å². The van der Waals surface area contributed by atoms with Crippen LogP contribution in [0, 0.1) is 10.1 Å². The third-order valence-electron chi connectivity index (χ3n) is 4.26. The molecule has 0 aromatic heterocycles. The van der Waals surface area contributed by atoms with Crippen LogP contribution < -0.4 is 5.32 Å². The fraction of sp³-hybridized carbons (Fsp3) is 0.300. The minimum absolute atomic E-state index is 0.153. The molecule has 0 saturated heterocycles. The quantitative estimate of drug-likeness (QED) is 0.432. The van der Waals surface area contributed by atoms with Crippen molar-refractivity contribution in [2.24, 2.45) is 0 Å². The number of amides is 1. The molecule has 0 aliphatic heterocycles. The number of nitro groups is 1. The fourth-order valence-electron chi connectivity index (χ4n) is 2.52. The van der Waals surface area contributed by atoms with Crippen LogP contribution in [0.25, 0.3) is 0 Å². The van der Waals surface area contributed by atoms with Gasteiger partial charge >= 0.3 is 5.97 Å². The van der Waals surface area contributed by atoms with Crippen molar-refractivity contribution in [1.82, 2.24) is 0 Å². The number of carbonyl (C=O) groups is 2. The van der Waals surface area contributed by atoms with Gasteiger partial charge in [-0.1, -0.05) is 44.2 Å². The Morgan fingerprint density at radius 1 is 1.15 bits per heavy atom. The molecule has 0 saturated carbocycles. The van der Waals surface area contributed by atoms with Crippen LogP contribution >= 0.6 is 0 Å². The summed E-state index contributed by atoms with van der Waals surface area (Å²) < 4.78 is 4.92. The van der Waals surface area contributed by atoms with Crippen molar-refractivity contribution < 1.29 is 19.2 Å². The second kappa shape index (κ2) is 9.47. The van der Waals surface area contributed by atoms with E-state index in [0.29, 0.717) is 11.6 Å². The van der Waals surface area contributed by atoms with Gasteiger partial charge in [0.1, 0.15) is 0 Å². The summed E-state index contributed by atoms with van der Waals surface area (Å²) in [4.78, 5) is 34.2. The van der Waals surface area contributed by atoms with E-state index >= 15 is 0 Å². The molecule has 1 N–H and O–H groups in total. The summed E-state index contributed by atoms with van der Waals surface area (Å²) in [6, 6.07) is 13.4. The van der Waals surface area contributed by atoms with Gasteiger partial charge in [-0.05, 0) is 30.0 Å². The van der Waals surface area contributed by atoms with E-state index in [0.717, 1.165) is 6.42 Å². The highest BCUT2D eigenvalue weighted by Gasteiger charge is 2.17. The number of nitrogens with one attached hydrogen (secondary N) is 1. The van der Waals surface area contributed by atoms with Gasteiger partial charge in [-0.15, -0.1) is 0 Å². The van der Waals surface area contributed by atoms with Crippen LogP contribution in [-0.4, -0.2) is 23.4 Å². The Labute approximate surface area is 157 Å². The van der Waals surface area contributed by atoms with Crippen molar-refractivity contribution in [2.45, 2.75) is 32.6 Å². The van der Waals surface area contributed by atoms with Crippen LogP contribution in [0.15, 0.2) is 48.5 Å². The van der Waals surface area contributed by atoms with Crippen LogP contribution in [0.5, 0.6) is 0 Å². The lowest BCUT2D eigenvalue weighted by atomic mass is 9.99. The summed E-state index contributed by atoms with van der Waals surface area (Å²) in [6.07, 6.45) is 0.759. The lowest BCUT2D eigenvalue weighted by Crippen LogP contribution is -2.21. The van der Waals surface area contributed by atoms with E-state index in [9.17, 15) is 19.7 Å². The minimum atomic E-state index is -0.702. The zero-order valence-electron chi connectivity index (χ0n) is 15.3. The Bertz CT molecular complexity index is 817. The molecule has 0 aliphatic rings. The first-order valence-electron chi connectivity index (χ1n) is 8.68. The van der Waals surface area contributed by atoms with Crippen molar-refractivity contribution in [3.05, 3.63) is 69.8 Å². The first-order chi connectivity index (χ1) is 12.9. The number of anilines is 1. The maximum absolute atomic E-state index is 11.9. The molecule has 27 heavy (non-hydrogen) atoms. The van der Waals surface area contributed by atoms with Gasteiger partial charge in [-0.3, -0.25) is 19.7 Å². The fourth-order valence-corrected chi connectivity index (χ4v) is 2.52. The van der Waals surface area contributed by atoms with Crippen molar-refractivity contribution in [1.29, 1.82) is 0 Å². The van der Waals surface area contributed by atoms with Gasteiger partial charge in [0.25, 0.3) is 11.6 Å². The SMILES string of the molecule is CCC(C)c1ccc(NC(=O)COC(=O)Cc2ccccc2[N+](=O)[O-])cc1. The maximum Gasteiger partial charge on any atom is 0.311 e. The summed E-state index contributed by atoms with van der Waals surface area (Å²) in [7, 11) is 0. The van der Waals surface area contributed by atoms with Crippen molar-refractivity contribution in [2.75, 3.05) is 11.9 Å². The Kier molecular flexibility index (Phi) is 7.05. The van der Waals surface area contributed by atoms with Crippen LogP contribution in [0.4, 0.5) is 11.4 Å². The lowest BCUT2D eigenvalue weighted by Gasteiger charge is -2.10. The van der Waals surface area contributed by atoms with Crippen LogP contribution in [-0.2, 0) is 20.7 Å². The molecule has 2 rings (SSSR count). The molecule has 0 spiro atoms. The molecule has 2 aromatic rings. The molecule has 0 aliphatic carbocycles. The van der Waals surface area contributed by atoms with Gasteiger partial charge in [0.05, 0.1) is 11.3 Å². The highest BCUT2D eigenvalue weighted by atomic mass is 16.6. The van der Waals surface area contributed by atoms with E-state index in [1.54, 1.807) is 18.2 Å². The highest BCUT2D eigenvalue weighted by molar-refractivity contribution is 5.92. The molecule has 0 bridgehead atoms. The zero-order valence-corrected chi connectivity index (χ0v) is 15.3. The highest BCUT2D eigenvalue weighted by Crippen LogP contribution is 2.20. The number of ether oxygens (including phenoxy) is 1. The molecule has 1 atom stereocenters. The normalized spacial score (nSPS) is 11.5. The van der Waals surface area contributed by atoms with Gasteiger partial charge in [-0.25, -0.2) is 0 Å². The largest absolute Gasteiger partial charge is 0.455 e. The number of nitro benzene ring substituents is 1. The van der Waals surface area contributed by atoms with Crippen molar-refractivity contribution >= 4 is 23.3 Å². The summed E-state index contributed by atoms with van der Waals surface area (Å²) in [5, 5.41) is 13.6. The number of hydrogen-bond acceptors (Lipinski definition) is 5. The Morgan fingerprint density at radius 3 is 2.44 bits per heavy atom. The smallest absolute Gasteiger partial charge is 0.311 e. The molecule has 0 radical (unpaired) electrons. The van der Waals surface area contributed by atoms with E-state index in [2.05, 4.69) is 19.2 Å². The Balaban J connectivity index is 1.85. The van der Waals surface area contributed by atoms with E-state index in [1.807, 2.05) is 12.1 Å². The number of rotatable bonds is 8. The van der Waals surface area contributed by atoms with Gasteiger partial charge < -0.3 is 10.1 Å². The maximum atomic E-state index is 11.9. The molecule has 2 aromatic carbocycles. The van der Waals surface area contributed by atoms with Crippen LogP contribution in [0.1, 0.15) is 37.3 Å². The lowest BCUT2D eigenvalue weighted by molar-refractivity contribution is -0.385. The molecule has 0 fully saturated rings. The second-order valence-corrected chi connectivity index (χ2v) is 6.20. The van der Waals surface area contributed by atoms with E-state index in [4.69, 9.17) is 4.74 Å². The van der Waals surface area contributed by atoms with Gasteiger partial charge in [0, 0.05) is 17.3 Å². The number of esters is 1. The number of nitrogens with zero attached hydrogens (tertiary/aromatic N) is 1. The second-order valence-electron chi connectivity index (χ2n) is 6.20. The summed E-state index contributed by atoms with van der Waals surface area (Å²) in [6.45, 7) is 3.79. The molecule has 0 heterocycles. The summed E-state index contributed by atoms with van der Waals surface area (Å²) >= 11 is 0. The number of benzene rings is 2. The van der Waals surface area contributed by atoms with Crippen LogP contribution in [0.3, 0.4) is 0 Å². The average Bonchev–Trinajstić information content (AvgIpc) is 2.66. The Morgan fingerprint density at radius 2 is 1.81 bits per heavy atom.